The number of ether oxygens (including phenoxy) is 1. The molecule has 1 rings (SSSR count). The van der Waals surface area contributed by atoms with Crippen LogP contribution in [0.3, 0.4) is 0 Å². The van der Waals surface area contributed by atoms with Crippen molar-refractivity contribution in [3.8, 4) is 5.75 Å². The first kappa shape index (κ1) is 10.7. The van der Waals surface area contributed by atoms with Gasteiger partial charge in [-0.2, -0.15) is 0 Å². The molecule has 0 amide bonds. The first-order valence-corrected chi connectivity index (χ1v) is 4.53. The van der Waals surface area contributed by atoms with E-state index in [1.54, 1.807) is 24.3 Å². The zero-order valence-corrected chi connectivity index (χ0v) is 8.38. The van der Waals surface area contributed by atoms with E-state index in [1.165, 1.54) is 0 Å². The highest BCUT2D eigenvalue weighted by Gasteiger charge is 1.95. The molecule has 0 aliphatic rings. The lowest BCUT2D eigenvalue weighted by atomic mass is 10.3. The van der Waals surface area contributed by atoms with Gasteiger partial charge in [-0.15, -0.1) is 0 Å². The smallest absolute Gasteiger partial charge is 0.168 e. The summed E-state index contributed by atoms with van der Waals surface area (Å²) in [6, 6.07) is 7.14. The number of hydrogen-bond acceptors (Lipinski definition) is 3. The molecule has 1 aromatic carbocycles. The van der Waals surface area contributed by atoms with Crippen molar-refractivity contribution < 1.29 is 9.84 Å². The third kappa shape index (κ3) is 3.59. The van der Waals surface area contributed by atoms with E-state index >= 15 is 0 Å². The Balaban J connectivity index is 2.54. The van der Waals surface area contributed by atoms with Crippen LogP contribution in [0.1, 0.15) is 0 Å². The number of anilines is 1. The Hall–Kier alpha value is -1.33. The summed E-state index contributed by atoms with van der Waals surface area (Å²) in [4.78, 5) is 0. The van der Waals surface area contributed by atoms with Crippen molar-refractivity contribution in [2.24, 2.45) is 5.73 Å². The van der Waals surface area contributed by atoms with Crippen LogP contribution in [0.2, 0.25) is 0 Å². The summed E-state index contributed by atoms with van der Waals surface area (Å²) in [6.45, 7) is 0.301. The third-order valence-corrected chi connectivity index (χ3v) is 1.58. The highest BCUT2D eigenvalue weighted by atomic mass is 32.1. The molecule has 14 heavy (non-hydrogen) atoms. The molecule has 4 N–H and O–H groups in total. The van der Waals surface area contributed by atoms with E-state index in [2.05, 4.69) is 17.5 Å². The van der Waals surface area contributed by atoms with Gasteiger partial charge in [0.15, 0.2) is 5.11 Å². The molecule has 0 aliphatic heterocycles. The molecular weight excluding hydrogens is 200 g/mol. The summed E-state index contributed by atoms with van der Waals surface area (Å²) in [5.41, 5.74) is 6.11. The van der Waals surface area contributed by atoms with Gasteiger partial charge in [0, 0.05) is 5.69 Å². The maximum Gasteiger partial charge on any atom is 0.168 e. The van der Waals surface area contributed by atoms with Gasteiger partial charge in [0.2, 0.25) is 0 Å². The van der Waals surface area contributed by atoms with Crippen molar-refractivity contribution in [3.05, 3.63) is 24.3 Å². The maximum absolute atomic E-state index is 8.53. The number of hydrogen-bond donors (Lipinski definition) is 3. The van der Waals surface area contributed by atoms with Gasteiger partial charge in [-0.25, -0.2) is 0 Å². The number of thiocarbonyl (C=S) groups is 1. The quantitative estimate of drug-likeness (QED) is 0.641. The largest absolute Gasteiger partial charge is 0.491 e. The lowest BCUT2D eigenvalue weighted by Crippen LogP contribution is -2.18. The molecule has 0 aromatic heterocycles. The van der Waals surface area contributed by atoms with Crippen molar-refractivity contribution in [1.29, 1.82) is 0 Å². The number of nitrogens with one attached hydrogen (secondary N) is 1. The normalized spacial score (nSPS) is 9.50. The minimum Gasteiger partial charge on any atom is -0.491 e. The fraction of sp³-hybridized carbons (Fsp3) is 0.222. The molecule has 0 fully saturated rings. The Morgan fingerprint density at radius 1 is 1.43 bits per heavy atom. The van der Waals surface area contributed by atoms with E-state index in [0.29, 0.717) is 12.4 Å². The third-order valence-electron chi connectivity index (χ3n) is 1.48. The molecule has 0 spiro atoms. The lowest BCUT2D eigenvalue weighted by Gasteiger charge is -2.06. The second kappa shape index (κ2) is 5.41. The van der Waals surface area contributed by atoms with E-state index in [9.17, 15) is 0 Å². The molecule has 0 heterocycles. The van der Waals surface area contributed by atoms with Gasteiger partial charge in [0.25, 0.3) is 0 Å². The first-order valence-electron chi connectivity index (χ1n) is 4.12. The standard InChI is InChI=1S/C9H12N2O2S/c10-9(14)11-7-1-3-8(4-2-7)13-6-5-12/h1-4,12H,5-6H2,(H3,10,11,14). The van der Waals surface area contributed by atoms with E-state index in [4.69, 9.17) is 15.6 Å². The zero-order valence-electron chi connectivity index (χ0n) is 7.56. The number of rotatable bonds is 4. The molecule has 0 aliphatic carbocycles. The molecule has 0 radical (unpaired) electrons. The predicted octanol–water partition coefficient (Wildman–Crippen LogP) is 0.713. The van der Waals surface area contributed by atoms with E-state index in [1.807, 2.05) is 0 Å². The Morgan fingerprint density at radius 2 is 2.07 bits per heavy atom. The highest BCUT2D eigenvalue weighted by Crippen LogP contribution is 2.15. The van der Waals surface area contributed by atoms with Gasteiger partial charge >= 0.3 is 0 Å². The van der Waals surface area contributed by atoms with Crippen molar-refractivity contribution >= 4 is 23.0 Å². The molecule has 0 saturated heterocycles. The zero-order chi connectivity index (χ0) is 10.4. The van der Waals surface area contributed by atoms with Gasteiger partial charge in [0.1, 0.15) is 12.4 Å². The average molecular weight is 212 g/mol. The van der Waals surface area contributed by atoms with E-state index in [0.717, 1.165) is 5.69 Å². The van der Waals surface area contributed by atoms with Gasteiger partial charge in [0.05, 0.1) is 6.61 Å². The fourth-order valence-electron chi connectivity index (χ4n) is 0.940. The number of nitrogens with two attached hydrogens (primary N) is 1. The molecular formula is C9H12N2O2S. The molecule has 0 bridgehead atoms. The minimum absolute atomic E-state index is 0.00683. The molecule has 5 heteroatoms. The molecule has 0 saturated carbocycles. The van der Waals surface area contributed by atoms with Gasteiger partial charge in [-0.1, -0.05) is 0 Å². The topological polar surface area (TPSA) is 67.5 Å². The van der Waals surface area contributed by atoms with Crippen LogP contribution in [0.4, 0.5) is 5.69 Å². The van der Waals surface area contributed by atoms with Crippen LogP contribution in [0, 0.1) is 0 Å². The van der Waals surface area contributed by atoms with Crippen molar-refractivity contribution in [2.45, 2.75) is 0 Å². The number of aliphatic hydroxyl groups excluding tert-OH is 1. The molecule has 0 unspecified atom stereocenters. The summed E-state index contributed by atoms with van der Waals surface area (Å²) in [5.74, 6) is 0.701. The average Bonchev–Trinajstić information content (AvgIpc) is 2.16. The first-order chi connectivity index (χ1) is 6.72. The summed E-state index contributed by atoms with van der Waals surface area (Å²) < 4.78 is 5.17. The van der Waals surface area contributed by atoms with Crippen LogP contribution in [0.25, 0.3) is 0 Å². The van der Waals surface area contributed by atoms with Gasteiger partial charge < -0.3 is 20.9 Å². The van der Waals surface area contributed by atoms with Crippen molar-refractivity contribution in [3.63, 3.8) is 0 Å². The van der Waals surface area contributed by atoms with Crippen LogP contribution >= 0.6 is 12.2 Å². The van der Waals surface area contributed by atoms with Crippen LogP contribution in [-0.4, -0.2) is 23.4 Å². The summed E-state index contributed by atoms with van der Waals surface area (Å²) in [6.07, 6.45) is 0. The Morgan fingerprint density at radius 3 is 2.57 bits per heavy atom. The highest BCUT2D eigenvalue weighted by molar-refractivity contribution is 7.80. The van der Waals surface area contributed by atoms with Crippen LogP contribution in [-0.2, 0) is 0 Å². The minimum atomic E-state index is 0.00683. The Labute approximate surface area is 87.7 Å². The van der Waals surface area contributed by atoms with E-state index in [-0.39, 0.29) is 11.7 Å². The summed E-state index contributed by atoms with van der Waals surface area (Å²) in [7, 11) is 0. The SMILES string of the molecule is NC(=S)Nc1ccc(OCCO)cc1. The number of benzene rings is 1. The summed E-state index contributed by atoms with van der Waals surface area (Å²) in [5, 5.41) is 11.6. The van der Waals surface area contributed by atoms with Gasteiger partial charge in [-0.05, 0) is 36.5 Å². The van der Waals surface area contributed by atoms with Crippen LogP contribution < -0.4 is 15.8 Å². The fourth-order valence-corrected chi connectivity index (χ4v) is 1.06. The second-order valence-electron chi connectivity index (χ2n) is 2.59. The molecule has 0 atom stereocenters. The molecule has 1 aromatic rings. The molecule has 4 nitrogen and oxygen atoms in total. The van der Waals surface area contributed by atoms with Crippen LogP contribution in [0.5, 0.6) is 5.75 Å². The monoisotopic (exact) mass is 212 g/mol. The second-order valence-corrected chi connectivity index (χ2v) is 3.03. The lowest BCUT2D eigenvalue weighted by molar-refractivity contribution is 0.201. The van der Waals surface area contributed by atoms with Crippen molar-refractivity contribution in [2.75, 3.05) is 18.5 Å². The van der Waals surface area contributed by atoms with Gasteiger partial charge in [-0.3, -0.25) is 0 Å². The maximum atomic E-state index is 8.53. The molecule has 76 valence electrons. The van der Waals surface area contributed by atoms with Crippen molar-refractivity contribution in [1.82, 2.24) is 0 Å². The summed E-state index contributed by atoms with van der Waals surface area (Å²) >= 11 is 4.68. The predicted molar refractivity (Wildman–Crippen MR) is 59.4 cm³/mol. The number of aliphatic hydroxyl groups is 1. The Kier molecular flexibility index (Phi) is 4.15. The van der Waals surface area contributed by atoms with Crippen LogP contribution in [0.15, 0.2) is 24.3 Å². The Bertz CT molecular complexity index is 300. The van der Waals surface area contributed by atoms with E-state index < -0.39 is 0 Å².